The standard InChI is InChI=1S/C52H87N9O5/c1-4-7-10-13-16-19-22-25-28-31-34-59-39-46(53-56-59)42-64-49-37-45(52(62)63)38-50(65-43-47-40-60(57-54-47)35-32-29-26-23-20-17-14-11-8-5-2)51(49)66-44-48-41-61(58-55-48)36-33-30-27-24-21-18-15-12-9-6-3/h37-41H,4-36,42-44H2,1-3H3,(H,62,63). The van der Waals surface area contributed by atoms with Crippen LogP contribution < -0.4 is 14.2 Å². The highest BCUT2D eigenvalue weighted by molar-refractivity contribution is 5.89. The molecule has 1 N–H and O–H groups in total. The van der Waals surface area contributed by atoms with Gasteiger partial charge in [0.05, 0.1) is 24.2 Å². The Labute approximate surface area is 397 Å². The molecule has 4 aromatic rings. The van der Waals surface area contributed by atoms with Gasteiger partial charge in [0.25, 0.3) is 0 Å². The van der Waals surface area contributed by atoms with Crippen molar-refractivity contribution >= 4 is 5.97 Å². The van der Waals surface area contributed by atoms with Gasteiger partial charge in [0.15, 0.2) is 11.5 Å². The molecular weight excluding hydrogens is 831 g/mol. The molecule has 14 heteroatoms. The SMILES string of the molecule is CCCCCCCCCCCCn1cc(COc2cc(C(=O)O)cc(OCc3cn(CCCCCCCCCCCC)nn3)c2OCc2cn(CCCCCCCCCCCC)nn2)nn1. The van der Waals surface area contributed by atoms with E-state index in [0.717, 1.165) is 58.2 Å². The summed E-state index contributed by atoms with van der Waals surface area (Å²) >= 11 is 0. The first-order valence-corrected chi connectivity index (χ1v) is 26.5. The molecule has 0 radical (unpaired) electrons. The van der Waals surface area contributed by atoms with E-state index in [0.29, 0.717) is 17.1 Å². The third-order valence-corrected chi connectivity index (χ3v) is 12.4. The van der Waals surface area contributed by atoms with Crippen molar-refractivity contribution in [3.8, 4) is 17.2 Å². The van der Waals surface area contributed by atoms with Crippen LogP contribution in [0.25, 0.3) is 0 Å². The zero-order valence-electron chi connectivity index (χ0n) is 41.4. The van der Waals surface area contributed by atoms with Crippen molar-refractivity contribution in [1.82, 2.24) is 45.0 Å². The van der Waals surface area contributed by atoms with Gasteiger partial charge in [-0.05, 0) is 31.4 Å². The van der Waals surface area contributed by atoms with Gasteiger partial charge in [0.1, 0.15) is 36.9 Å². The summed E-state index contributed by atoms with van der Waals surface area (Å²) in [7, 11) is 0. The number of carboxylic acid groups (broad SMARTS) is 1. The van der Waals surface area contributed by atoms with Gasteiger partial charge in [0.2, 0.25) is 5.75 Å². The Hall–Kier alpha value is -4.49. The molecule has 0 fully saturated rings. The molecule has 14 nitrogen and oxygen atoms in total. The second kappa shape index (κ2) is 34.8. The van der Waals surface area contributed by atoms with Crippen molar-refractivity contribution in [2.24, 2.45) is 0 Å². The average Bonchev–Trinajstić information content (AvgIpc) is 4.11. The first-order valence-electron chi connectivity index (χ1n) is 26.5. The van der Waals surface area contributed by atoms with Crippen LogP contribution in [0.3, 0.4) is 0 Å². The van der Waals surface area contributed by atoms with Gasteiger partial charge in [-0.1, -0.05) is 210 Å². The van der Waals surface area contributed by atoms with Gasteiger partial charge in [0, 0.05) is 19.6 Å². The Morgan fingerprint density at radius 2 is 0.697 bits per heavy atom. The molecule has 0 bridgehead atoms. The molecular formula is C52H87N9O5. The van der Waals surface area contributed by atoms with Gasteiger partial charge in [-0.3, -0.25) is 14.0 Å². The highest BCUT2D eigenvalue weighted by Gasteiger charge is 2.21. The number of carbonyl (C=O) groups is 1. The van der Waals surface area contributed by atoms with Crippen molar-refractivity contribution in [3.63, 3.8) is 0 Å². The summed E-state index contributed by atoms with van der Waals surface area (Å²) in [4.78, 5) is 12.4. The van der Waals surface area contributed by atoms with Crippen molar-refractivity contribution in [2.75, 3.05) is 0 Å². The fourth-order valence-corrected chi connectivity index (χ4v) is 8.33. The lowest BCUT2D eigenvalue weighted by Gasteiger charge is -2.17. The molecule has 3 aromatic heterocycles. The number of benzene rings is 1. The van der Waals surface area contributed by atoms with Crippen molar-refractivity contribution < 1.29 is 24.1 Å². The number of hydrogen-bond acceptors (Lipinski definition) is 10. The summed E-state index contributed by atoms with van der Waals surface area (Å²) in [6, 6.07) is 2.92. The zero-order valence-corrected chi connectivity index (χ0v) is 41.4. The minimum Gasteiger partial charge on any atom is -0.483 e. The van der Waals surface area contributed by atoms with E-state index in [4.69, 9.17) is 14.2 Å². The van der Waals surface area contributed by atoms with Gasteiger partial charge in [-0.15, -0.1) is 15.3 Å². The number of nitrogens with zero attached hydrogens (tertiary/aromatic N) is 9. The quantitative estimate of drug-likeness (QED) is 0.0421. The van der Waals surface area contributed by atoms with E-state index < -0.39 is 5.97 Å². The maximum absolute atomic E-state index is 12.4. The van der Waals surface area contributed by atoms with Gasteiger partial charge < -0.3 is 19.3 Å². The molecule has 0 saturated heterocycles. The summed E-state index contributed by atoms with van der Waals surface area (Å²) in [6.45, 7) is 9.36. The molecule has 370 valence electrons. The smallest absolute Gasteiger partial charge is 0.335 e. The monoisotopic (exact) mass is 918 g/mol. The minimum atomic E-state index is -1.11. The topological polar surface area (TPSA) is 157 Å². The third-order valence-electron chi connectivity index (χ3n) is 12.4. The molecule has 0 atom stereocenters. The second-order valence-corrected chi connectivity index (χ2v) is 18.4. The van der Waals surface area contributed by atoms with Crippen LogP contribution in [-0.4, -0.2) is 56.1 Å². The number of aryl methyl sites for hydroxylation is 3. The van der Waals surface area contributed by atoms with Crippen LogP contribution in [0.2, 0.25) is 0 Å². The normalized spacial score (nSPS) is 11.4. The van der Waals surface area contributed by atoms with Crippen LogP contribution in [0.4, 0.5) is 0 Å². The van der Waals surface area contributed by atoms with E-state index in [1.165, 1.54) is 166 Å². The Kier molecular flexibility index (Phi) is 28.5. The Bertz CT molecular complexity index is 1740. The third kappa shape index (κ3) is 23.3. The highest BCUT2D eigenvalue weighted by atomic mass is 16.5. The average molecular weight is 918 g/mol. The van der Waals surface area contributed by atoms with E-state index >= 15 is 0 Å². The van der Waals surface area contributed by atoms with Crippen molar-refractivity contribution in [3.05, 3.63) is 53.4 Å². The molecule has 0 aliphatic rings. The number of aromatic nitrogens is 9. The zero-order chi connectivity index (χ0) is 46.7. The number of ether oxygens (including phenoxy) is 3. The summed E-state index contributed by atoms with van der Waals surface area (Å²) in [5, 5.41) is 36.3. The molecule has 3 heterocycles. The van der Waals surface area contributed by atoms with Crippen LogP contribution in [0, 0.1) is 0 Å². The van der Waals surface area contributed by atoms with E-state index in [-0.39, 0.29) is 42.6 Å². The maximum atomic E-state index is 12.4. The Balaban J connectivity index is 1.33. The van der Waals surface area contributed by atoms with E-state index in [2.05, 4.69) is 51.7 Å². The van der Waals surface area contributed by atoms with E-state index in [9.17, 15) is 9.90 Å². The fraction of sp³-hybridized carbons (Fsp3) is 0.750. The summed E-state index contributed by atoms with van der Waals surface area (Å²) in [5.74, 6) is -0.413. The van der Waals surface area contributed by atoms with Crippen molar-refractivity contribution in [2.45, 2.75) is 253 Å². The van der Waals surface area contributed by atoms with Crippen LogP contribution in [0.15, 0.2) is 30.7 Å². The van der Waals surface area contributed by atoms with Crippen LogP contribution >= 0.6 is 0 Å². The number of carboxylic acids is 1. The molecule has 1 aromatic carbocycles. The lowest BCUT2D eigenvalue weighted by atomic mass is 10.1. The number of rotatable bonds is 43. The molecule has 0 amide bonds. The molecule has 66 heavy (non-hydrogen) atoms. The van der Waals surface area contributed by atoms with Crippen LogP contribution in [0.1, 0.15) is 241 Å². The first kappa shape index (κ1) is 54.1. The van der Waals surface area contributed by atoms with Crippen LogP contribution in [0.5, 0.6) is 17.2 Å². The molecule has 0 aliphatic carbocycles. The summed E-state index contributed by atoms with van der Waals surface area (Å²) < 4.78 is 24.5. The largest absolute Gasteiger partial charge is 0.483 e. The lowest BCUT2D eigenvalue weighted by molar-refractivity contribution is 0.0695. The number of hydrogen-bond donors (Lipinski definition) is 1. The summed E-state index contributed by atoms with van der Waals surface area (Å²) in [5.41, 5.74) is 1.91. The Morgan fingerprint density at radius 1 is 0.424 bits per heavy atom. The second-order valence-electron chi connectivity index (χ2n) is 18.4. The fourth-order valence-electron chi connectivity index (χ4n) is 8.33. The first-order chi connectivity index (χ1) is 32.5. The number of unbranched alkanes of at least 4 members (excludes halogenated alkanes) is 27. The predicted molar refractivity (Wildman–Crippen MR) is 262 cm³/mol. The van der Waals surface area contributed by atoms with Gasteiger partial charge in [-0.25, -0.2) is 4.79 Å². The van der Waals surface area contributed by atoms with E-state index in [1.54, 1.807) is 0 Å². The predicted octanol–water partition coefficient (Wildman–Crippen LogP) is 13.7. The maximum Gasteiger partial charge on any atom is 0.335 e. The molecule has 0 saturated carbocycles. The molecule has 0 unspecified atom stereocenters. The lowest BCUT2D eigenvalue weighted by Crippen LogP contribution is -2.07. The summed E-state index contributed by atoms with van der Waals surface area (Å²) in [6.07, 6.45) is 43.9. The Morgan fingerprint density at radius 3 is 0.985 bits per heavy atom. The van der Waals surface area contributed by atoms with Crippen LogP contribution in [-0.2, 0) is 39.5 Å². The number of aromatic carboxylic acids is 1. The molecule has 0 aliphatic heterocycles. The van der Waals surface area contributed by atoms with Crippen molar-refractivity contribution in [1.29, 1.82) is 0 Å². The van der Waals surface area contributed by atoms with Gasteiger partial charge >= 0.3 is 5.97 Å². The minimum absolute atomic E-state index is 0.00372. The highest BCUT2D eigenvalue weighted by Crippen LogP contribution is 2.40. The van der Waals surface area contributed by atoms with Gasteiger partial charge in [-0.2, -0.15) is 0 Å². The molecule has 0 spiro atoms. The molecule has 4 rings (SSSR count). The van der Waals surface area contributed by atoms with E-state index in [1.807, 2.05) is 32.6 Å².